The van der Waals surface area contributed by atoms with E-state index in [0.717, 1.165) is 72.0 Å². The zero-order chi connectivity index (χ0) is 30.0. The molecule has 3 aliphatic heterocycles. The lowest BCUT2D eigenvalue weighted by Gasteiger charge is -2.41. The quantitative estimate of drug-likeness (QED) is 0.320. The molecule has 3 saturated heterocycles. The Morgan fingerprint density at radius 1 is 1.11 bits per heavy atom. The van der Waals surface area contributed by atoms with E-state index in [9.17, 15) is 9.59 Å². The van der Waals surface area contributed by atoms with E-state index in [-0.39, 0.29) is 24.4 Å². The summed E-state index contributed by atoms with van der Waals surface area (Å²) in [6.07, 6.45) is 3.15. The molecular formula is C33H37N7O4. The third-order valence-corrected chi connectivity index (χ3v) is 8.87. The van der Waals surface area contributed by atoms with Crippen LogP contribution in [0.15, 0.2) is 60.8 Å². The van der Waals surface area contributed by atoms with Crippen LogP contribution in [0.1, 0.15) is 23.9 Å². The van der Waals surface area contributed by atoms with E-state index < -0.39 is 0 Å². The smallest absolute Gasteiger partial charge is 0.321 e. The number of ether oxygens (including phenoxy) is 2. The third kappa shape index (κ3) is 5.72. The number of carbonyl (C=O) groups is 2. The number of amides is 3. The fourth-order valence-corrected chi connectivity index (χ4v) is 6.51. The maximum absolute atomic E-state index is 13.9. The first kappa shape index (κ1) is 28.3. The zero-order valence-electron chi connectivity index (χ0n) is 24.9. The average molecular weight is 596 g/mol. The van der Waals surface area contributed by atoms with Crippen molar-refractivity contribution in [2.45, 2.75) is 18.9 Å². The van der Waals surface area contributed by atoms with Crippen molar-refractivity contribution in [3.8, 4) is 17.1 Å². The summed E-state index contributed by atoms with van der Waals surface area (Å²) in [6.45, 7) is 5.93. The monoisotopic (exact) mass is 595 g/mol. The number of benzene rings is 2. The van der Waals surface area contributed by atoms with Crippen LogP contribution in [-0.2, 0) is 16.0 Å². The second-order valence-corrected chi connectivity index (χ2v) is 11.7. The summed E-state index contributed by atoms with van der Waals surface area (Å²) in [5.41, 5.74) is 4.23. The van der Waals surface area contributed by atoms with Gasteiger partial charge in [0.15, 0.2) is 0 Å². The Morgan fingerprint density at radius 2 is 1.98 bits per heavy atom. The van der Waals surface area contributed by atoms with Gasteiger partial charge in [0.1, 0.15) is 11.9 Å². The normalized spacial score (nSPS) is 20.8. The Hall–Kier alpha value is -4.48. The van der Waals surface area contributed by atoms with E-state index in [2.05, 4.69) is 21.3 Å². The molecule has 0 bridgehead atoms. The summed E-state index contributed by atoms with van der Waals surface area (Å²) in [4.78, 5) is 45.1. The molecule has 5 heterocycles. The number of piperazine rings is 1. The van der Waals surface area contributed by atoms with Crippen LogP contribution in [0.5, 0.6) is 5.88 Å². The molecule has 7 rings (SSSR count). The number of pyridine rings is 1. The number of urea groups is 1. The molecule has 2 aromatic carbocycles. The Morgan fingerprint density at radius 3 is 2.75 bits per heavy atom. The van der Waals surface area contributed by atoms with Gasteiger partial charge in [0.25, 0.3) is 0 Å². The van der Waals surface area contributed by atoms with E-state index in [4.69, 9.17) is 19.4 Å². The van der Waals surface area contributed by atoms with E-state index in [1.807, 2.05) is 59.6 Å². The molecular weight excluding hydrogens is 558 g/mol. The molecule has 0 saturated carbocycles. The second-order valence-electron chi connectivity index (χ2n) is 11.7. The molecule has 3 aliphatic rings. The number of carbonyl (C=O) groups excluding carboxylic acids is 2. The molecule has 11 nitrogen and oxygen atoms in total. The average Bonchev–Trinajstić information content (AvgIpc) is 3.84. The fraction of sp³-hybridized carbons (Fsp3) is 0.394. The highest BCUT2D eigenvalue weighted by Crippen LogP contribution is 2.33. The number of aromatic nitrogens is 3. The number of nitrogens with zero attached hydrogens (tertiary/aromatic N) is 5. The number of fused-ring (bicyclic) bond motifs is 1. The van der Waals surface area contributed by atoms with Crippen molar-refractivity contribution in [3.05, 3.63) is 72.2 Å². The Bertz CT molecular complexity index is 1650. The number of H-pyrrole nitrogens is 1. The Labute approximate surface area is 256 Å². The van der Waals surface area contributed by atoms with Gasteiger partial charge in [-0.2, -0.15) is 0 Å². The fourth-order valence-electron chi connectivity index (χ4n) is 6.51. The van der Waals surface area contributed by atoms with Crippen LogP contribution in [-0.4, -0.2) is 96.3 Å². The number of para-hydroxylation sites is 1. The largest absolute Gasteiger partial charge is 0.480 e. The van der Waals surface area contributed by atoms with Gasteiger partial charge >= 0.3 is 6.03 Å². The molecule has 3 fully saturated rings. The molecule has 4 aromatic rings. The summed E-state index contributed by atoms with van der Waals surface area (Å²) in [5, 5.41) is 3.84. The predicted molar refractivity (Wildman–Crippen MR) is 167 cm³/mol. The molecule has 0 aliphatic carbocycles. The number of nitrogens with one attached hydrogen (secondary N) is 2. The van der Waals surface area contributed by atoms with Crippen LogP contribution < -0.4 is 15.0 Å². The Kier molecular flexibility index (Phi) is 7.88. The number of hydrogen-bond acceptors (Lipinski definition) is 7. The lowest BCUT2D eigenvalue weighted by atomic mass is 10.0. The lowest BCUT2D eigenvalue weighted by molar-refractivity contribution is -0.136. The minimum atomic E-state index is -0.237. The van der Waals surface area contributed by atoms with Crippen LogP contribution in [0.4, 0.5) is 10.5 Å². The molecule has 2 aromatic heterocycles. The van der Waals surface area contributed by atoms with E-state index in [0.29, 0.717) is 38.0 Å². The molecule has 3 amide bonds. The molecule has 0 spiro atoms. The van der Waals surface area contributed by atoms with Gasteiger partial charge in [0.05, 0.1) is 43.1 Å². The van der Waals surface area contributed by atoms with Crippen LogP contribution in [0.25, 0.3) is 22.2 Å². The van der Waals surface area contributed by atoms with E-state index in [1.165, 1.54) is 0 Å². The van der Waals surface area contributed by atoms with Crippen molar-refractivity contribution >= 4 is 28.5 Å². The maximum Gasteiger partial charge on any atom is 0.321 e. The topological polar surface area (TPSA) is 116 Å². The number of imidazole rings is 1. The SMILES string of the molecule is COc1nc2ccccc2cc1-c1cnc(C2CN(CC3CCOC3)CCN2C(=O)Cc2ccc(N3CCNC3=O)cc2)[nH]1. The lowest BCUT2D eigenvalue weighted by Crippen LogP contribution is -2.52. The first-order chi connectivity index (χ1) is 21.6. The van der Waals surface area contributed by atoms with Gasteiger partial charge in [-0.1, -0.05) is 30.3 Å². The van der Waals surface area contributed by atoms with E-state index >= 15 is 0 Å². The summed E-state index contributed by atoms with van der Waals surface area (Å²) in [7, 11) is 1.62. The van der Waals surface area contributed by atoms with Crippen LogP contribution in [0, 0.1) is 5.92 Å². The highest BCUT2D eigenvalue weighted by atomic mass is 16.5. The second kappa shape index (κ2) is 12.3. The molecule has 2 atom stereocenters. The first-order valence-electron chi connectivity index (χ1n) is 15.3. The van der Waals surface area contributed by atoms with Gasteiger partial charge in [-0.25, -0.2) is 14.8 Å². The number of anilines is 1. The van der Waals surface area contributed by atoms with E-state index in [1.54, 1.807) is 12.0 Å². The summed E-state index contributed by atoms with van der Waals surface area (Å²) in [6, 6.07) is 17.4. The minimum absolute atomic E-state index is 0.0495. The highest BCUT2D eigenvalue weighted by Gasteiger charge is 2.35. The van der Waals surface area contributed by atoms with Crippen LogP contribution in [0.3, 0.4) is 0 Å². The minimum Gasteiger partial charge on any atom is -0.480 e. The van der Waals surface area contributed by atoms with Crippen molar-refractivity contribution in [1.29, 1.82) is 0 Å². The predicted octanol–water partition coefficient (Wildman–Crippen LogP) is 3.63. The van der Waals surface area contributed by atoms with Crippen molar-refractivity contribution < 1.29 is 19.1 Å². The van der Waals surface area contributed by atoms with Crippen LogP contribution in [0.2, 0.25) is 0 Å². The molecule has 11 heteroatoms. The van der Waals surface area contributed by atoms with Gasteiger partial charge < -0.3 is 24.7 Å². The van der Waals surface area contributed by atoms with Crippen molar-refractivity contribution in [3.63, 3.8) is 0 Å². The van der Waals surface area contributed by atoms with Crippen molar-refractivity contribution in [2.24, 2.45) is 5.92 Å². The van der Waals surface area contributed by atoms with Crippen molar-refractivity contribution in [2.75, 3.05) is 64.5 Å². The number of aromatic amines is 1. The summed E-state index contributed by atoms with van der Waals surface area (Å²) >= 11 is 0. The molecule has 228 valence electrons. The number of hydrogen-bond donors (Lipinski definition) is 2. The Balaban J connectivity index is 1.14. The van der Waals surface area contributed by atoms with Gasteiger partial charge in [0, 0.05) is 56.9 Å². The molecule has 0 radical (unpaired) electrons. The zero-order valence-corrected chi connectivity index (χ0v) is 24.9. The number of rotatable bonds is 8. The highest BCUT2D eigenvalue weighted by molar-refractivity contribution is 5.94. The van der Waals surface area contributed by atoms with Gasteiger partial charge in [-0.05, 0) is 42.2 Å². The maximum atomic E-state index is 13.9. The molecule has 2 unspecified atom stereocenters. The summed E-state index contributed by atoms with van der Waals surface area (Å²) < 4.78 is 11.3. The third-order valence-electron chi connectivity index (χ3n) is 8.87. The van der Waals surface area contributed by atoms with Gasteiger partial charge in [-0.15, -0.1) is 0 Å². The van der Waals surface area contributed by atoms with Crippen LogP contribution >= 0.6 is 0 Å². The van der Waals surface area contributed by atoms with Gasteiger partial charge in [0.2, 0.25) is 11.8 Å². The molecule has 2 N–H and O–H groups in total. The van der Waals surface area contributed by atoms with Gasteiger partial charge in [-0.3, -0.25) is 14.6 Å². The molecule has 44 heavy (non-hydrogen) atoms. The van der Waals surface area contributed by atoms with Crippen molar-refractivity contribution in [1.82, 2.24) is 30.1 Å². The first-order valence-corrected chi connectivity index (χ1v) is 15.3. The summed E-state index contributed by atoms with van der Waals surface area (Å²) in [5.74, 6) is 1.82. The number of methoxy groups -OCH3 is 1. The standard InChI is InChI=1S/C33H37N7O4/c1-43-32-26(17-24-4-2-3-5-27(24)37-32)28-18-35-31(36-28)29-20-38(19-23-10-15-44-21-23)13-14-40(29)30(41)16-22-6-8-25(9-7-22)39-12-11-34-33(39)42/h2-9,17-18,23,29H,10-16,19-21H2,1H3,(H,34,42)(H,35,36).